The van der Waals surface area contributed by atoms with Gasteiger partial charge in [-0.1, -0.05) is 19.8 Å². The van der Waals surface area contributed by atoms with Gasteiger partial charge in [-0.3, -0.25) is 4.79 Å². The number of carbonyl (C=O) groups excluding carboxylic acids is 1. The molecule has 2 rings (SSSR count). The number of aromatic nitrogens is 2. The molecule has 104 valence electrons. The highest BCUT2D eigenvalue weighted by Crippen LogP contribution is 2.27. The lowest BCUT2D eigenvalue weighted by Gasteiger charge is -2.26. The third-order valence-corrected chi connectivity index (χ3v) is 3.84. The summed E-state index contributed by atoms with van der Waals surface area (Å²) in [5, 5.41) is 13.6. The van der Waals surface area contributed by atoms with Crippen LogP contribution in [-0.4, -0.2) is 29.7 Å². The maximum atomic E-state index is 11.9. The van der Waals surface area contributed by atoms with Crippen LogP contribution in [-0.2, 0) is 0 Å². The van der Waals surface area contributed by atoms with Crippen LogP contribution >= 0.6 is 0 Å². The van der Waals surface area contributed by atoms with Crippen LogP contribution < -0.4 is 10.6 Å². The number of nitrogens with zero attached hydrogens (tertiary/aromatic N) is 2. The summed E-state index contributed by atoms with van der Waals surface area (Å²) in [6.07, 6.45) is 4.98. The average molecular weight is 262 g/mol. The zero-order valence-corrected chi connectivity index (χ0v) is 11.6. The molecule has 1 fully saturated rings. The first-order valence-corrected chi connectivity index (χ1v) is 6.98. The number of anilines is 1. The number of amides is 1. The Morgan fingerprint density at radius 3 is 2.58 bits per heavy atom. The second-order valence-electron chi connectivity index (χ2n) is 5.39. The van der Waals surface area contributed by atoms with E-state index in [2.05, 4.69) is 27.8 Å². The zero-order chi connectivity index (χ0) is 13.7. The molecule has 0 radical (unpaired) electrons. The summed E-state index contributed by atoms with van der Waals surface area (Å²) >= 11 is 0. The molecule has 1 heterocycles. The standard InChI is InChI=1S/C14H22N4O/c1-10-3-5-11(6-4-10)9-16-14(19)12-7-8-13(15-2)18-17-12/h7-8,10-11H,3-6,9H2,1-2H3,(H,15,18)(H,16,19). The smallest absolute Gasteiger partial charge is 0.271 e. The highest BCUT2D eigenvalue weighted by Gasteiger charge is 2.19. The molecule has 1 saturated carbocycles. The van der Waals surface area contributed by atoms with Crippen molar-refractivity contribution in [2.24, 2.45) is 11.8 Å². The number of hydrogen-bond acceptors (Lipinski definition) is 4. The summed E-state index contributed by atoms with van der Waals surface area (Å²) in [6.45, 7) is 3.05. The Morgan fingerprint density at radius 1 is 1.26 bits per heavy atom. The molecule has 0 spiro atoms. The van der Waals surface area contributed by atoms with Crippen LogP contribution in [0, 0.1) is 11.8 Å². The normalized spacial score (nSPS) is 22.8. The largest absolute Gasteiger partial charge is 0.372 e. The van der Waals surface area contributed by atoms with Crippen LogP contribution in [0.4, 0.5) is 5.82 Å². The predicted octanol–water partition coefficient (Wildman–Crippen LogP) is 2.07. The average Bonchev–Trinajstić information content (AvgIpc) is 2.46. The first kappa shape index (κ1) is 13.8. The number of rotatable bonds is 4. The van der Waals surface area contributed by atoms with E-state index in [1.165, 1.54) is 25.7 Å². The van der Waals surface area contributed by atoms with Gasteiger partial charge in [0.25, 0.3) is 5.91 Å². The zero-order valence-electron chi connectivity index (χ0n) is 11.6. The third kappa shape index (κ3) is 3.91. The van der Waals surface area contributed by atoms with Crippen LogP contribution in [0.1, 0.15) is 43.1 Å². The summed E-state index contributed by atoms with van der Waals surface area (Å²) in [7, 11) is 1.77. The first-order valence-electron chi connectivity index (χ1n) is 6.98. The number of nitrogens with one attached hydrogen (secondary N) is 2. The Kier molecular flexibility index (Phi) is 4.71. The van der Waals surface area contributed by atoms with E-state index in [1.54, 1.807) is 19.2 Å². The molecule has 0 atom stereocenters. The van der Waals surface area contributed by atoms with Gasteiger partial charge >= 0.3 is 0 Å². The molecular weight excluding hydrogens is 240 g/mol. The molecule has 5 nitrogen and oxygen atoms in total. The van der Waals surface area contributed by atoms with Crippen LogP contribution in [0.15, 0.2) is 12.1 Å². The molecular formula is C14H22N4O. The third-order valence-electron chi connectivity index (χ3n) is 3.84. The van der Waals surface area contributed by atoms with Crippen LogP contribution in [0.5, 0.6) is 0 Å². The molecule has 1 aliphatic rings. The topological polar surface area (TPSA) is 66.9 Å². The van der Waals surface area contributed by atoms with Crippen molar-refractivity contribution in [3.05, 3.63) is 17.8 Å². The molecule has 0 unspecified atom stereocenters. The van der Waals surface area contributed by atoms with Gasteiger partial charge in [-0.15, -0.1) is 10.2 Å². The number of carbonyl (C=O) groups is 1. The second kappa shape index (κ2) is 6.50. The van der Waals surface area contributed by atoms with E-state index < -0.39 is 0 Å². The van der Waals surface area contributed by atoms with E-state index in [0.717, 1.165) is 12.5 Å². The molecule has 1 amide bonds. The van der Waals surface area contributed by atoms with Gasteiger partial charge < -0.3 is 10.6 Å². The van der Waals surface area contributed by atoms with Gasteiger partial charge in [0.05, 0.1) is 0 Å². The van der Waals surface area contributed by atoms with E-state index >= 15 is 0 Å². The van der Waals surface area contributed by atoms with Gasteiger partial charge in [-0.05, 0) is 36.8 Å². The molecule has 0 aromatic carbocycles. The molecule has 2 N–H and O–H groups in total. The Labute approximate surface area is 114 Å². The molecule has 5 heteroatoms. The van der Waals surface area contributed by atoms with Gasteiger partial charge in [-0.2, -0.15) is 0 Å². The molecule has 0 saturated heterocycles. The molecule has 19 heavy (non-hydrogen) atoms. The minimum absolute atomic E-state index is 0.131. The van der Waals surface area contributed by atoms with Crippen molar-refractivity contribution in [1.82, 2.24) is 15.5 Å². The monoisotopic (exact) mass is 262 g/mol. The van der Waals surface area contributed by atoms with Crippen molar-refractivity contribution in [1.29, 1.82) is 0 Å². The maximum Gasteiger partial charge on any atom is 0.271 e. The second-order valence-corrected chi connectivity index (χ2v) is 5.39. The quantitative estimate of drug-likeness (QED) is 0.871. The van der Waals surface area contributed by atoms with Gasteiger partial charge in [0, 0.05) is 13.6 Å². The highest BCUT2D eigenvalue weighted by atomic mass is 16.1. The first-order chi connectivity index (χ1) is 9.19. The van der Waals surface area contributed by atoms with Crippen molar-refractivity contribution in [3.8, 4) is 0 Å². The van der Waals surface area contributed by atoms with E-state index in [1.807, 2.05) is 0 Å². The molecule has 1 aliphatic carbocycles. The molecule has 0 bridgehead atoms. The van der Waals surface area contributed by atoms with E-state index in [9.17, 15) is 4.79 Å². The fourth-order valence-electron chi connectivity index (χ4n) is 2.45. The summed E-state index contributed by atoms with van der Waals surface area (Å²) in [6, 6.07) is 3.45. The van der Waals surface area contributed by atoms with Gasteiger partial charge in [0.15, 0.2) is 5.69 Å². The lowest BCUT2D eigenvalue weighted by Crippen LogP contribution is -2.31. The van der Waals surface area contributed by atoms with Crippen molar-refractivity contribution in [2.75, 3.05) is 18.9 Å². The summed E-state index contributed by atoms with van der Waals surface area (Å²) < 4.78 is 0. The Balaban J connectivity index is 1.80. The van der Waals surface area contributed by atoms with Crippen LogP contribution in [0.2, 0.25) is 0 Å². The SMILES string of the molecule is CNc1ccc(C(=O)NCC2CCC(C)CC2)nn1. The van der Waals surface area contributed by atoms with Crippen LogP contribution in [0.3, 0.4) is 0 Å². The van der Waals surface area contributed by atoms with Crippen LogP contribution in [0.25, 0.3) is 0 Å². The summed E-state index contributed by atoms with van der Waals surface area (Å²) in [5.74, 6) is 1.99. The lowest BCUT2D eigenvalue weighted by molar-refractivity contribution is 0.0936. The summed E-state index contributed by atoms with van der Waals surface area (Å²) in [5.41, 5.74) is 0.378. The summed E-state index contributed by atoms with van der Waals surface area (Å²) in [4.78, 5) is 11.9. The van der Waals surface area contributed by atoms with E-state index in [-0.39, 0.29) is 5.91 Å². The molecule has 0 aliphatic heterocycles. The highest BCUT2D eigenvalue weighted by molar-refractivity contribution is 5.92. The molecule has 1 aromatic rings. The Morgan fingerprint density at radius 2 is 2.00 bits per heavy atom. The number of hydrogen-bond donors (Lipinski definition) is 2. The van der Waals surface area contributed by atoms with E-state index in [0.29, 0.717) is 17.4 Å². The minimum atomic E-state index is -0.131. The Hall–Kier alpha value is -1.65. The van der Waals surface area contributed by atoms with Gasteiger partial charge in [-0.25, -0.2) is 0 Å². The molecule has 1 aromatic heterocycles. The van der Waals surface area contributed by atoms with E-state index in [4.69, 9.17) is 0 Å². The predicted molar refractivity (Wildman–Crippen MR) is 75.0 cm³/mol. The van der Waals surface area contributed by atoms with Crippen molar-refractivity contribution in [3.63, 3.8) is 0 Å². The fourth-order valence-corrected chi connectivity index (χ4v) is 2.45. The lowest BCUT2D eigenvalue weighted by atomic mass is 9.83. The van der Waals surface area contributed by atoms with Crippen molar-refractivity contribution < 1.29 is 4.79 Å². The Bertz CT molecular complexity index is 410. The van der Waals surface area contributed by atoms with Crippen molar-refractivity contribution in [2.45, 2.75) is 32.6 Å². The minimum Gasteiger partial charge on any atom is -0.372 e. The van der Waals surface area contributed by atoms with Crippen molar-refractivity contribution >= 4 is 11.7 Å². The van der Waals surface area contributed by atoms with Gasteiger partial charge in [0.2, 0.25) is 0 Å². The fraction of sp³-hybridized carbons (Fsp3) is 0.643. The van der Waals surface area contributed by atoms with Gasteiger partial charge in [0.1, 0.15) is 5.82 Å². The maximum absolute atomic E-state index is 11.9.